The highest BCUT2D eigenvalue weighted by Gasteiger charge is 2.19. The number of rotatable bonds is 3. The Morgan fingerprint density at radius 2 is 1.77 bits per heavy atom. The first-order valence-corrected chi connectivity index (χ1v) is 8.29. The van der Waals surface area contributed by atoms with E-state index in [9.17, 15) is 4.79 Å². The Labute approximate surface area is 131 Å². The van der Waals surface area contributed by atoms with Crippen LogP contribution in [0, 0.1) is 13.8 Å². The van der Waals surface area contributed by atoms with Crippen molar-refractivity contribution in [3.05, 3.63) is 45.3 Å². The molecule has 0 atom stereocenters. The van der Waals surface area contributed by atoms with Crippen LogP contribution < -0.4 is 5.63 Å². The monoisotopic (exact) mass is 299 g/mol. The smallest absolute Gasteiger partial charge is 0.336 e. The van der Waals surface area contributed by atoms with Gasteiger partial charge in [0, 0.05) is 24.0 Å². The Morgan fingerprint density at radius 1 is 1.09 bits per heavy atom. The Hall–Kier alpha value is -1.61. The lowest BCUT2D eigenvalue weighted by Crippen LogP contribution is -2.33. The SMILES string of the molecule is Cc1cc2oc(=O)cc(CN(C)C3CCCCC3)c2cc1C. The third kappa shape index (κ3) is 3.09. The molecule has 0 spiro atoms. The molecule has 1 fully saturated rings. The zero-order chi connectivity index (χ0) is 15.7. The summed E-state index contributed by atoms with van der Waals surface area (Å²) in [5, 5.41) is 1.07. The fourth-order valence-corrected chi connectivity index (χ4v) is 3.53. The van der Waals surface area contributed by atoms with Crippen molar-refractivity contribution in [2.24, 2.45) is 0 Å². The maximum atomic E-state index is 11.9. The number of benzene rings is 1. The molecule has 1 aromatic heterocycles. The molecular weight excluding hydrogens is 274 g/mol. The van der Waals surface area contributed by atoms with Crippen LogP contribution in [0.3, 0.4) is 0 Å². The van der Waals surface area contributed by atoms with Gasteiger partial charge in [-0.3, -0.25) is 4.90 Å². The van der Waals surface area contributed by atoms with Crippen LogP contribution >= 0.6 is 0 Å². The lowest BCUT2D eigenvalue weighted by atomic mass is 9.94. The molecule has 1 saturated carbocycles. The van der Waals surface area contributed by atoms with Crippen LogP contribution in [0.25, 0.3) is 11.0 Å². The molecule has 1 aliphatic rings. The molecular formula is C19H25NO2. The first kappa shape index (κ1) is 15.3. The summed E-state index contributed by atoms with van der Waals surface area (Å²) in [4.78, 5) is 14.3. The minimum Gasteiger partial charge on any atom is -0.423 e. The normalized spacial score (nSPS) is 16.5. The zero-order valence-corrected chi connectivity index (χ0v) is 13.8. The Morgan fingerprint density at radius 3 is 2.50 bits per heavy atom. The average molecular weight is 299 g/mol. The van der Waals surface area contributed by atoms with Crippen molar-refractivity contribution in [2.75, 3.05) is 7.05 Å². The van der Waals surface area contributed by atoms with Crippen LogP contribution in [0.15, 0.2) is 27.4 Å². The molecule has 1 aliphatic carbocycles. The summed E-state index contributed by atoms with van der Waals surface area (Å²) in [5.74, 6) is 0. The maximum absolute atomic E-state index is 11.9. The number of hydrogen-bond donors (Lipinski definition) is 0. The molecule has 1 aromatic carbocycles. The quantitative estimate of drug-likeness (QED) is 0.797. The Kier molecular flexibility index (Phi) is 4.34. The molecule has 0 unspecified atom stereocenters. The van der Waals surface area contributed by atoms with Crippen LogP contribution in [0.1, 0.15) is 48.8 Å². The lowest BCUT2D eigenvalue weighted by molar-refractivity contribution is 0.185. The second-order valence-corrected chi connectivity index (χ2v) is 6.73. The summed E-state index contributed by atoms with van der Waals surface area (Å²) in [6.45, 7) is 4.97. The predicted molar refractivity (Wildman–Crippen MR) is 90.3 cm³/mol. The van der Waals surface area contributed by atoms with E-state index in [2.05, 4.69) is 31.9 Å². The summed E-state index contributed by atoms with van der Waals surface area (Å²) < 4.78 is 5.39. The van der Waals surface area contributed by atoms with Gasteiger partial charge in [0.25, 0.3) is 0 Å². The fourth-order valence-electron chi connectivity index (χ4n) is 3.53. The van der Waals surface area contributed by atoms with Gasteiger partial charge in [0.1, 0.15) is 5.58 Å². The molecule has 0 saturated heterocycles. The molecule has 3 rings (SSSR count). The third-order valence-corrected chi connectivity index (χ3v) is 5.06. The highest BCUT2D eigenvalue weighted by Crippen LogP contribution is 2.26. The van der Waals surface area contributed by atoms with Gasteiger partial charge in [-0.2, -0.15) is 0 Å². The van der Waals surface area contributed by atoms with E-state index >= 15 is 0 Å². The van der Waals surface area contributed by atoms with Crippen molar-refractivity contribution in [3.63, 3.8) is 0 Å². The van der Waals surface area contributed by atoms with Crippen LogP contribution in [0.5, 0.6) is 0 Å². The second-order valence-electron chi connectivity index (χ2n) is 6.73. The largest absolute Gasteiger partial charge is 0.423 e. The Bertz CT molecular complexity index is 726. The summed E-state index contributed by atoms with van der Waals surface area (Å²) in [7, 11) is 2.18. The van der Waals surface area contributed by atoms with E-state index in [1.165, 1.54) is 37.7 Å². The van der Waals surface area contributed by atoms with Gasteiger partial charge < -0.3 is 4.42 Å². The molecule has 0 amide bonds. The Balaban J connectivity index is 1.95. The first-order valence-electron chi connectivity index (χ1n) is 8.29. The molecule has 2 aromatic rings. The molecule has 0 aliphatic heterocycles. The van der Waals surface area contributed by atoms with Gasteiger partial charge in [0.2, 0.25) is 0 Å². The number of hydrogen-bond acceptors (Lipinski definition) is 3. The van der Waals surface area contributed by atoms with Gasteiger partial charge in [0.15, 0.2) is 0 Å². The van der Waals surface area contributed by atoms with Crippen LogP contribution in [0.2, 0.25) is 0 Å². The van der Waals surface area contributed by atoms with Crippen molar-refractivity contribution < 1.29 is 4.42 Å². The van der Waals surface area contributed by atoms with E-state index in [1.54, 1.807) is 6.07 Å². The number of fused-ring (bicyclic) bond motifs is 1. The van der Waals surface area contributed by atoms with Gasteiger partial charge in [-0.15, -0.1) is 0 Å². The minimum atomic E-state index is -0.247. The number of nitrogens with zero attached hydrogens (tertiary/aromatic N) is 1. The molecule has 3 nitrogen and oxygen atoms in total. The van der Waals surface area contributed by atoms with Crippen molar-refractivity contribution in [1.82, 2.24) is 4.90 Å². The molecule has 0 radical (unpaired) electrons. The van der Waals surface area contributed by atoms with E-state index in [4.69, 9.17) is 4.42 Å². The molecule has 1 heterocycles. The van der Waals surface area contributed by atoms with Crippen LogP contribution in [0.4, 0.5) is 0 Å². The second kappa shape index (κ2) is 6.25. The van der Waals surface area contributed by atoms with Gasteiger partial charge in [-0.25, -0.2) is 4.79 Å². The first-order chi connectivity index (χ1) is 10.5. The van der Waals surface area contributed by atoms with E-state index < -0.39 is 0 Å². The van der Waals surface area contributed by atoms with Crippen LogP contribution in [-0.4, -0.2) is 18.0 Å². The van der Waals surface area contributed by atoms with Crippen molar-refractivity contribution in [2.45, 2.75) is 58.5 Å². The lowest BCUT2D eigenvalue weighted by Gasteiger charge is -2.31. The van der Waals surface area contributed by atoms with E-state index in [-0.39, 0.29) is 5.63 Å². The molecule has 0 N–H and O–H groups in total. The van der Waals surface area contributed by atoms with Gasteiger partial charge in [-0.05, 0) is 62.6 Å². The molecule has 3 heteroatoms. The van der Waals surface area contributed by atoms with Crippen molar-refractivity contribution in [3.8, 4) is 0 Å². The van der Waals surface area contributed by atoms with E-state index in [1.807, 2.05) is 6.07 Å². The summed E-state index contributed by atoms with van der Waals surface area (Å²) in [6.07, 6.45) is 6.55. The molecule has 0 bridgehead atoms. The maximum Gasteiger partial charge on any atom is 0.336 e. The van der Waals surface area contributed by atoms with Crippen molar-refractivity contribution in [1.29, 1.82) is 0 Å². The summed E-state index contributed by atoms with van der Waals surface area (Å²) in [6, 6.07) is 6.44. The van der Waals surface area contributed by atoms with E-state index in [0.717, 1.165) is 23.1 Å². The summed E-state index contributed by atoms with van der Waals surface area (Å²) in [5.41, 5.74) is 3.95. The van der Waals surface area contributed by atoms with E-state index in [0.29, 0.717) is 11.6 Å². The highest BCUT2D eigenvalue weighted by molar-refractivity contribution is 5.81. The standard InChI is InChI=1S/C19H25NO2/c1-13-9-17-15(11-19(21)22-18(17)10-14(13)2)12-20(3)16-7-5-4-6-8-16/h9-11,16H,4-8,12H2,1-3H3. The van der Waals surface area contributed by atoms with Gasteiger partial charge in [0.05, 0.1) is 0 Å². The topological polar surface area (TPSA) is 33.5 Å². The fraction of sp³-hybridized carbons (Fsp3) is 0.526. The zero-order valence-electron chi connectivity index (χ0n) is 13.8. The number of aryl methyl sites for hydroxylation is 2. The van der Waals surface area contributed by atoms with Gasteiger partial charge in [-0.1, -0.05) is 19.3 Å². The average Bonchev–Trinajstić information content (AvgIpc) is 2.50. The summed E-state index contributed by atoms with van der Waals surface area (Å²) >= 11 is 0. The third-order valence-electron chi connectivity index (χ3n) is 5.06. The molecule has 118 valence electrons. The van der Waals surface area contributed by atoms with Crippen LogP contribution in [-0.2, 0) is 6.54 Å². The highest BCUT2D eigenvalue weighted by atomic mass is 16.4. The minimum absolute atomic E-state index is 0.247. The predicted octanol–water partition coefficient (Wildman–Crippen LogP) is 4.17. The van der Waals surface area contributed by atoms with Gasteiger partial charge >= 0.3 is 5.63 Å². The van der Waals surface area contributed by atoms with Crippen molar-refractivity contribution >= 4 is 11.0 Å². The molecule has 22 heavy (non-hydrogen) atoms.